The van der Waals surface area contributed by atoms with Crippen LogP contribution in [0.25, 0.3) is 11.1 Å². The molecule has 0 radical (unpaired) electrons. The molecule has 0 spiro atoms. The molecule has 2 aliphatic rings. The molecule has 1 fully saturated rings. The first-order chi connectivity index (χ1) is 14.1. The third kappa shape index (κ3) is 4.75. The molecule has 2 bridgehead atoms. The number of nitrogens with one attached hydrogen (secondary N) is 1. The fourth-order valence-electron chi connectivity index (χ4n) is 4.27. The molecule has 3 unspecified atom stereocenters. The molecule has 1 saturated heterocycles. The second-order valence-corrected chi connectivity index (χ2v) is 8.80. The van der Waals surface area contributed by atoms with Crippen molar-refractivity contribution < 1.29 is 13.9 Å². The molecule has 0 aliphatic carbocycles. The Morgan fingerprint density at radius 3 is 2.97 bits per heavy atom. The van der Waals surface area contributed by atoms with Gasteiger partial charge in [0, 0.05) is 18.2 Å². The van der Waals surface area contributed by atoms with Crippen LogP contribution in [0.3, 0.4) is 0 Å². The Balaban J connectivity index is 1.69. The predicted molar refractivity (Wildman–Crippen MR) is 116 cm³/mol. The van der Waals surface area contributed by atoms with Gasteiger partial charge in [0.2, 0.25) is 5.91 Å². The van der Waals surface area contributed by atoms with Crippen LogP contribution >= 0.6 is 11.9 Å². The van der Waals surface area contributed by atoms with E-state index in [-0.39, 0.29) is 18.0 Å². The number of rotatable bonds is 3. The number of para-hydroxylation sites is 1. The summed E-state index contributed by atoms with van der Waals surface area (Å²) in [4.78, 5) is 15.0. The van der Waals surface area contributed by atoms with E-state index in [9.17, 15) is 9.18 Å². The number of hydrogen-bond donors (Lipinski definition) is 1. The molecule has 2 aromatic carbocycles. The summed E-state index contributed by atoms with van der Waals surface area (Å²) in [6, 6.07) is 16.5. The minimum Gasteiger partial charge on any atom is -0.492 e. The lowest BCUT2D eigenvalue weighted by atomic mass is 9.90. The molecule has 0 saturated carbocycles. The monoisotopic (exact) mass is 414 g/mol. The number of nitrogens with zero attached hydrogens (tertiary/aromatic N) is 1. The van der Waals surface area contributed by atoms with Crippen LogP contribution in [0.5, 0.6) is 5.75 Å². The highest BCUT2D eigenvalue weighted by atomic mass is 32.2. The van der Waals surface area contributed by atoms with Gasteiger partial charge in [0.25, 0.3) is 0 Å². The highest BCUT2D eigenvalue weighted by Crippen LogP contribution is 2.32. The fourth-order valence-corrected chi connectivity index (χ4v) is 4.91. The van der Waals surface area contributed by atoms with Gasteiger partial charge in [-0.1, -0.05) is 42.5 Å². The zero-order valence-corrected chi connectivity index (χ0v) is 17.5. The van der Waals surface area contributed by atoms with E-state index in [2.05, 4.69) is 35.1 Å². The summed E-state index contributed by atoms with van der Waals surface area (Å²) in [5.41, 5.74) is 2.34. The molecular formula is C23H27FN2O2S. The van der Waals surface area contributed by atoms with Gasteiger partial charge in [-0.05, 0) is 55.3 Å². The number of alkyl halides is 1. The molecule has 2 aromatic rings. The number of piperidine rings is 1. The minimum atomic E-state index is -0.986. The molecule has 0 aromatic heterocycles. The van der Waals surface area contributed by atoms with Crippen LogP contribution in [0.1, 0.15) is 31.7 Å². The molecule has 3 atom stereocenters. The van der Waals surface area contributed by atoms with Gasteiger partial charge in [-0.3, -0.25) is 9.52 Å². The molecule has 1 N–H and O–H groups in total. The van der Waals surface area contributed by atoms with Crippen LogP contribution in [-0.2, 0) is 11.2 Å². The van der Waals surface area contributed by atoms with E-state index < -0.39 is 5.50 Å². The molecular weight excluding hydrogens is 387 g/mol. The number of carbonyl (C=O) groups excluding carboxylic acids is 1. The van der Waals surface area contributed by atoms with Crippen molar-refractivity contribution in [2.45, 2.75) is 50.2 Å². The number of halogens is 1. The largest absolute Gasteiger partial charge is 0.492 e. The number of hydrogen-bond acceptors (Lipinski definition) is 4. The first-order valence-electron chi connectivity index (χ1n) is 10.3. The van der Waals surface area contributed by atoms with Crippen molar-refractivity contribution >= 4 is 17.9 Å². The first kappa shape index (κ1) is 20.2. The van der Waals surface area contributed by atoms with Crippen molar-refractivity contribution in [1.82, 2.24) is 9.62 Å². The number of fused-ring (bicyclic) bond motifs is 5. The zero-order chi connectivity index (χ0) is 20.2. The highest BCUT2D eigenvalue weighted by molar-refractivity contribution is 7.97. The molecule has 29 heavy (non-hydrogen) atoms. The van der Waals surface area contributed by atoms with E-state index in [4.69, 9.17) is 4.74 Å². The summed E-state index contributed by atoms with van der Waals surface area (Å²) in [5.74, 6) is 0.912. The summed E-state index contributed by atoms with van der Waals surface area (Å²) in [5, 5.41) is 0. The van der Waals surface area contributed by atoms with Gasteiger partial charge >= 0.3 is 0 Å². The lowest BCUT2D eigenvalue weighted by molar-refractivity contribution is -0.136. The summed E-state index contributed by atoms with van der Waals surface area (Å²) >= 11 is 1.11. The zero-order valence-electron chi connectivity index (χ0n) is 16.6. The Morgan fingerprint density at radius 1 is 1.24 bits per heavy atom. The van der Waals surface area contributed by atoms with Gasteiger partial charge in [-0.2, -0.15) is 0 Å². The molecule has 1 amide bonds. The Morgan fingerprint density at radius 2 is 2.10 bits per heavy atom. The molecule has 4 rings (SSSR count). The van der Waals surface area contributed by atoms with Gasteiger partial charge in [0.15, 0.2) is 5.50 Å². The average molecular weight is 415 g/mol. The topological polar surface area (TPSA) is 41.6 Å². The quantitative estimate of drug-likeness (QED) is 0.746. The summed E-state index contributed by atoms with van der Waals surface area (Å²) < 4.78 is 22.7. The van der Waals surface area contributed by atoms with Gasteiger partial charge < -0.3 is 9.64 Å². The van der Waals surface area contributed by atoms with E-state index in [1.165, 1.54) is 12.5 Å². The summed E-state index contributed by atoms with van der Waals surface area (Å²) in [6.45, 7) is 2.63. The molecule has 6 heteroatoms. The second-order valence-electron chi connectivity index (χ2n) is 7.68. The molecule has 2 aliphatic heterocycles. The van der Waals surface area contributed by atoms with Crippen molar-refractivity contribution in [3.63, 3.8) is 0 Å². The first-order valence-corrected chi connectivity index (χ1v) is 11.2. The summed E-state index contributed by atoms with van der Waals surface area (Å²) in [7, 11) is 0. The maximum absolute atomic E-state index is 13.4. The maximum Gasteiger partial charge on any atom is 0.226 e. The van der Waals surface area contributed by atoms with Crippen molar-refractivity contribution in [3.05, 3.63) is 54.1 Å². The standard InChI is InChI=1S/C23H27FN2O2S/c1-16(24)29-25-20-9-5-12-26-21(20)15-17-6-4-7-18(14-17)19-8-2-3-10-22(19)28-13-11-23(26)27/h2-4,6-8,10,14,16,20-21,25H,5,9,11-13,15H2,1H3. The third-order valence-electron chi connectivity index (χ3n) is 5.62. The third-order valence-corrected chi connectivity index (χ3v) is 6.39. The maximum atomic E-state index is 13.4. The van der Waals surface area contributed by atoms with Crippen LogP contribution in [0.15, 0.2) is 48.5 Å². The smallest absolute Gasteiger partial charge is 0.226 e. The predicted octanol–water partition coefficient (Wildman–Crippen LogP) is 4.59. The average Bonchev–Trinajstić information content (AvgIpc) is 2.72. The Bertz CT molecular complexity index is 860. The number of carbonyl (C=O) groups is 1. The van der Waals surface area contributed by atoms with Gasteiger partial charge in [0.05, 0.1) is 19.1 Å². The van der Waals surface area contributed by atoms with Crippen molar-refractivity contribution in [3.8, 4) is 16.9 Å². The van der Waals surface area contributed by atoms with Gasteiger partial charge in [-0.15, -0.1) is 0 Å². The number of benzene rings is 2. The van der Waals surface area contributed by atoms with E-state index in [1.54, 1.807) is 0 Å². The highest BCUT2D eigenvalue weighted by Gasteiger charge is 2.34. The number of amides is 1. The van der Waals surface area contributed by atoms with Crippen LogP contribution in [0, 0.1) is 0 Å². The van der Waals surface area contributed by atoms with Crippen molar-refractivity contribution in [1.29, 1.82) is 0 Å². The van der Waals surface area contributed by atoms with Crippen LogP contribution < -0.4 is 9.46 Å². The van der Waals surface area contributed by atoms with Crippen molar-refractivity contribution in [2.75, 3.05) is 13.2 Å². The summed E-state index contributed by atoms with van der Waals surface area (Å²) in [6.07, 6.45) is 2.96. The van der Waals surface area contributed by atoms with Gasteiger partial charge in [0.1, 0.15) is 5.75 Å². The second kappa shape index (κ2) is 9.18. The van der Waals surface area contributed by atoms with Gasteiger partial charge in [-0.25, -0.2) is 4.39 Å². The van der Waals surface area contributed by atoms with Crippen LogP contribution in [0.4, 0.5) is 4.39 Å². The number of ether oxygens (including phenoxy) is 1. The lowest BCUT2D eigenvalue weighted by Crippen LogP contribution is -2.56. The Hall–Kier alpha value is -2.05. The molecule has 154 valence electrons. The SMILES string of the molecule is CC(F)SNC1CCCN2C(=O)CCOc3ccccc3-c3cccc(c3)CC12. The Kier molecular flexibility index (Phi) is 6.40. The fraction of sp³-hybridized carbons (Fsp3) is 0.435. The van der Waals surface area contributed by atoms with E-state index in [0.29, 0.717) is 13.0 Å². The van der Waals surface area contributed by atoms with Crippen LogP contribution in [0.2, 0.25) is 0 Å². The van der Waals surface area contributed by atoms with E-state index >= 15 is 0 Å². The Labute approximate surface area is 175 Å². The minimum absolute atomic E-state index is 0.00687. The molecule has 4 nitrogen and oxygen atoms in total. The normalized spacial score (nSPS) is 23.1. The van der Waals surface area contributed by atoms with Crippen LogP contribution in [-0.4, -0.2) is 41.5 Å². The van der Waals surface area contributed by atoms with E-state index in [0.717, 1.165) is 54.6 Å². The molecule has 2 heterocycles. The van der Waals surface area contributed by atoms with Crippen molar-refractivity contribution in [2.24, 2.45) is 0 Å². The lowest BCUT2D eigenvalue weighted by Gasteiger charge is -2.42. The van der Waals surface area contributed by atoms with E-state index in [1.807, 2.05) is 23.1 Å².